The predicted molar refractivity (Wildman–Crippen MR) is 48.0 cm³/mol. The van der Waals surface area contributed by atoms with Crippen LogP contribution in [0.4, 0.5) is 0 Å². The molecule has 0 unspecified atom stereocenters. The normalized spacial score (nSPS) is 33.0. The molecule has 0 bridgehead atoms. The fourth-order valence-electron chi connectivity index (χ4n) is 2.15. The van der Waals surface area contributed by atoms with Crippen molar-refractivity contribution >= 4 is 0 Å². The van der Waals surface area contributed by atoms with E-state index in [0.717, 1.165) is 25.1 Å². The number of hydrogen-bond acceptors (Lipinski definition) is 3. The number of aromatic nitrogens is 3. The Morgan fingerprint density at radius 1 is 1.69 bits per heavy atom. The molecule has 1 N–H and O–H groups in total. The van der Waals surface area contributed by atoms with Gasteiger partial charge in [-0.2, -0.15) is 0 Å². The first-order valence-electron chi connectivity index (χ1n) is 4.77. The van der Waals surface area contributed by atoms with Crippen LogP contribution in [0.1, 0.15) is 32.4 Å². The van der Waals surface area contributed by atoms with Gasteiger partial charge in [-0.25, -0.2) is 4.68 Å². The molecule has 0 aliphatic heterocycles. The minimum absolute atomic E-state index is 0.616. The quantitative estimate of drug-likeness (QED) is 0.738. The van der Waals surface area contributed by atoms with E-state index in [1.54, 1.807) is 10.9 Å². The van der Waals surface area contributed by atoms with Gasteiger partial charge in [0.15, 0.2) is 0 Å². The molecule has 1 aliphatic rings. The third kappa shape index (κ3) is 1.25. The van der Waals surface area contributed by atoms with Gasteiger partial charge in [0.2, 0.25) is 0 Å². The molecule has 1 heterocycles. The molecule has 72 valence electrons. The van der Waals surface area contributed by atoms with Gasteiger partial charge < -0.3 is 5.11 Å². The van der Waals surface area contributed by atoms with Crippen LogP contribution in [-0.2, 0) is 12.1 Å². The van der Waals surface area contributed by atoms with Gasteiger partial charge in [0.25, 0.3) is 0 Å². The molecule has 13 heavy (non-hydrogen) atoms. The molecule has 0 aromatic carbocycles. The van der Waals surface area contributed by atoms with E-state index in [4.69, 9.17) is 0 Å². The summed E-state index contributed by atoms with van der Waals surface area (Å²) in [5.41, 5.74) is 0.215. The average molecular weight is 181 g/mol. The fourth-order valence-corrected chi connectivity index (χ4v) is 2.15. The number of hydrogen-bond donors (Lipinski definition) is 1. The summed E-state index contributed by atoms with van der Waals surface area (Å²) in [6, 6.07) is 0. The number of aryl methyl sites for hydroxylation is 1. The van der Waals surface area contributed by atoms with Gasteiger partial charge in [-0.15, -0.1) is 5.10 Å². The Kier molecular flexibility index (Phi) is 1.87. The summed E-state index contributed by atoms with van der Waals surface area (Å²) in [5.74, 6) is 0.616. The maximum Gasteiger partial charge on any atom is 0.108 e. The molecular formula is C9H15N3O. The SMILES string of the molecule is CCn1nncc1C1(O)CC(C)C1. The molecule has 1 fully saturated rings. The van der Waals surface area contributed by atoms with Crippen molar-refractivity contribution in [2.75, 3.05) is 0 Å². The van der Waals surface area contributed by atoms with Gasteiger partial charge in [0.1, 0.15) is 5.60 Å². The first kappa shape index (κ1) is 8.69. The Morgan fingerprint density at radius 3 is 2.92 bits per heavy atom. The summed E-state index contributed by atoms with van der Waals surface area (Å²) in [7, 11) is 0. The van der Waals surface area contributed by atoms with E-state index in [1.807, 2.05) is 6.92 Å². The standard InChI is InChI=1S/C9H15N3O/c1-3-12-8(6-10-11-12)9(13)4-7(2)5-9/h6-7,13H,3-5H2,1-2H3. The Labute approximate surface area is 77.6 Å². The predicted octanol–water partition coefficient (Wildman–Crippen LogP) is 0.915. The van der Waals surface area contributed by atoms with Gasteiger partial charge in [0, 0.05) is 6.54 Å². The number of aliphatic hydroxyl groups is 1. The van der Waals surface area contributed by atoms with E-state index in [0.29, 0.717) is 5.92 Å². The maximum absolute atomic E-state index is 10.2. The minimum Gasteiger partial charge on any atom is -0.383 e. The molecule has 0 saturated heterocycles. The second kappa shape index (κ2) is 2.80. The molecule has 0 atom stereocenters. The van der Waals surface area contributed by atoms with Crippen LogP contribution in [0.3, 0.4) is 0 Å². The summed E-state index contributed by atoms with van der Waals surface area (Å²) in [5, 5.41) is 17.9. The van der Waals surface area contributed by atoms with Gasteiger partial charge in [0.05, 0.1) is 11.9 Å². The van der Waals surface area contributed by atoms with Crippen molar-refractivity contribution < 1.29 is 5.11 Å². The molecule has 4 heteroatoms. The largest absolute Gasteiger partial charge is 0.383 e. The Hall–Kier alpha value is -0.900. The highest BCUT2D eigenvalue weighted by Gasteiger charge is 2.44. The van der Waals surface area contributed by atoms with Crippen molar-refractivity contribution in [3.8, 4) is 0 Å². The van der Waals surface area contributed by atoms with Gasteiger partial charge >= 0.3 is 0 Å². The second-order valence-electron chi connectivity index (χ2n) is 3.98. The van der Waals surface area contributed by atoms with Crippen molar-refractivity contribution in [3.63, 3.8) is 0 Å². The molecule has 1 aliphatic carbocycles. The van der Waals surface area contributed by atoms with Crippen molar-refractivity contribution in [1.29, 1.82) is 0 Å². The molecule has 1 saturated carbocycles. The van der Waals surface area contributed by atoms with Gasteiger partial charge in [-0.1, -0.05) is 12.1 Å². The topological polar surface area (TPSA) is 50.9 Å². The van der Waals surface area contributed by atoms with Crippen molar-refractivity contribution in [3.05, 3.63) is 11.9 Å². The summed E-state index contributed by atoms with van der Waals surface area (Å²) < 4.78 is 1.77. The minimum atomic E-state index is -0.654. The van der Waals surface area contributed by atoms with Crippen molar-refractivity contribution in [2.45, 2.75) is 38.8 Å². The molecule has 1 aromatic heterocycles. The summed E-state index contributed by atoms with van der Waals surface area (Å²) in [4.78, 5) is 0. The van der Waals surface area contributed by atoms with E-state index in [9.17, 15) is 5.11 Å². The van der Waals surface area contributed by atoms with Crippen LogP contribution in [0.2, 0.25) is 0 Å². The summed E-state index contributed by atoms with van der Waals surface area (Å²) in [6.07, 6.45) is 3.34. The molecular weight excluding hydrogens is 166 g/mol. The van der Waals surface area contributed by atoms with Gasteiger partial charge in [-0.05, 0) is 25.7 Å². The zero-order valence-electron chi connectivity index (χ0n) is 8.06. The van der Waals surface area contributed by atoms with E-state index in [2.05, 4.69) is 17.2 Å². The first-order valence-corrected chi connectivity index (χ1v) is 4.77. The van der Waals surface area contributed by atoms with Crippen LogP contribution in [0.5, 0.6) is 0 Å². The first-order chi connectivity index (χ1) is 6.15. The summed E-state index contributed by atoms with van der Waals surface area (Å²) in [6.45, 7) is 4.92. The molecule has 2 rings (SSSR count). The lowest BCUT2D eigenvalue weighted by Crippen LogP contribution is -2.41. The zero-order valence-corrected chi connectivity index (χ0v) is 8.06. The van der Waals surface area contributed by atoms with Crippen molar-refractivity contribution in [2.24, 2.45) is 5.92 Å². The maximum atomic E-state index is 10.2. The Morgan fingerprint density at radius 2 is 2.38 bits per heavy atom. The van der Waals surface area contributed by atoms with E-state index in [-0.39, 0.29) is 0 Å². The highest BCUT2D eigenvalue weighted by Crippen LogP contribution is 2.44. The summed E-state index contributed by atoms with van der Waals surface area (Å²) >= 11 is 0. The van der Waals surface area contributed by atoms with Crippen LogP contribution in [-0.4, -0.2) is 20.1 Å². The van der Waals surface area contributed by atoms with Crippen LogP contribution in [0.15, 0.2) is 6.20 Å². The molecule has 0 amide bonds. The highest BCUT2D eigenvalue weighted by atomic mass is 16.3. The molecule has 0 radical (unpaired) electrons. The lowest BCUT2D eigenvalue weighted by atomic mass is 9.70. The van der Waals surface area contributed by atoms with Crippen LogP contribution < -0.4 is 0 Å². The Bertz CT molecular complexity index is 302. The van der Waals surface area contributed by atoms with E-state index >= 15 is 0 Å². The third-order valence-corrected chi connectivity index (χ3v) is 2.77. The molecule has 0 spiro atoms. The number of nitrogens with zero attached hydrogens (tertiary/aromatic N) is 3. The smallest absolute Gasteiger partial charge is 0.108 e. The van der Waals surface area contributed by atoms with Gasteiger partial charge in [-0.3, -0.25) is 0 Å². The van der Waals surface area contributed by atoms with Crippen LogP contribution in [0.25, 0.3) is 0 Å². The molecule has 4 nitrogen and oxygen atoms in total. The lowest BCUT2D eigenvalue weighted by molar-refractivity contribution is -0.0804. The average Bonchev–Trinajstić information content (AvgIpc) is 2.48. The second-order valence-corrected chi connectivity index (χ2v) is 3.98. The Balaban J connectivity index is 2.25. The van der Waals surface area contributed by atoms with E-state index in [1.165, 1.54) is 0 Å². The van der Waals surface area contributed by atoms with Crippen LogP contribution >= 0.6 is 0 Å². The lowest BCUT2D eigenvalue weighted by Gasteiger charge is -2.41. The highest BCUT2D eigenvalue weighted by molar-refractivity contribution is 5.13. The zero-order chi connectivity index (χ0) is 9.47. The number of rotatable bonds is 2. The third-order valence-electron chi connectivity index (χ3n) is 2.77. The monoisotopic (exact) mass is 181 g/mol. The van der Waals surface area contributed by atoms with Crippen molar-refractivity contribution in [1.82, 2.24) is 15.0 Å². The van der Waals surface area contributed by atoms with E-state index < -0.39 is 5.60 Å². The molecule has 1 aromatic rings. The fraction of sp³-hybridized carbons (Fsp3) is 0.778. The van der Waals surface area contributed by atoms with Crippen LogP contribution in [0, 0.1) is 5.92 Å².